The van der Waals surface area contributed by atoms with Crippen LogP contribution < -0.4 is 16.0 Å². The summed E-state index contributed by atoms with van der Waals surface area (Å²) in [6.07, 6.45) is -10.2. The quantitative estimate of drug-likeness (QED) is 0.219. The molecule has 0 bridgehead atoms. The fourth-order valence-electron chi connectivity index (χ4n) is 5.62. The minimum atomic E-state index is -4.41. The lowest BCUT2D eigenvalue weighted by Gasteiger charge is -2.60. The van der Waals surface area contributed by atoms with Crippen molar-refractivity contribution in [1.29, 1.82) is 0 Å². The average molecular weight is 536 g/mol. The fourth-order valence-corrected chi connectivity index (χ4v) is 5.62. The van der Waals surface area contributed by atoms with E-state index in [2.05, 4.69) is 16.0 Å². The maximum absolute atomic E-state index is 12.8. The number of fused-ring (bicyclic) bond motifs is 2. The zero-order chi connectivity index (χ0) is 27.2. The van der Waals surface area contributed by atoms with E-state index in [1.807, 2.05) is 0 Å². The van der Waals surface area contributed by atoms with Gasteiger partial charge in [-0.25, -0.2) is 0 Å². The molecule has 210 valence electrons. The van der Waals surface area contributed by atoms with Crippen molar-refractivity contribution >= 4 is 0 Å². The molecule has 2 aliphatic heterocycles. The van der Waals surface area contributed by atoms with Crippen molar-refractivity contribution in [1.82, 2.24) is 16.0 Å². The van der Waals surface area contributed by atoms with Gasteiger partial charge in [-0.05, 0) is 51.7 Å². The van der Waals surface area contributed by atoms with Crippen LogP contribution in [0.5, 0.6) is 0 Å². The summed E-state index contributed by atoms with van der Waals surface area (Å²) in [5.41, 5.74) is -1.94. The molecule has 10 nitrogen and oxygen atoms in total. The first-order chi connectivity index (χ1) is 17.3. The molecule has 1 aliphatic carbocycles. The first kappa shape index (κ1) is 28.6. The van der Waals surface area contributed by atoms with Crippen LogP contribution in [0.1, 0.15) is 24.5 Å². The first-order valence-corrected chi connectivity index (χ1v) is 12.4. The van der Waals surface area contributed by atoms with E-state index < -0.39 is 72.0 Å². The van der Waals surface area contributed by atoms with E-state index in [0.29, 0.717) is 18.5 Å². The highest BCUT2D eigenvalue weighted by Gasteiger charge is 2.68. The van der Waals surface area contributed by atoms with Gasteiger partial charge >= 0.3 is 6.18 Å². The Morgan fingerprint density at radius 2 is 1.62 bits per heavy atom. The van der Waals surface area contributed by atoms with Gasteiger partial charge in [-0.15, -0.1) is 0 Å². The van der Waals surface area contributed by atoms with Gasteiger partial charge in [-0.3, -0.25) is 0 Å². The molecule has 1 aromatic carbocycles. The lowest BCUT2D eigenvalue weighted by atomic mass is 9.77. The topological polar surface area (TPSA) is 145 Å². The molecule has 3 aliphatic rings. The summed E-state index contributed by atoms with van der Waals surface area (Å²) in [4.78, 5) is 0. The Hall–Kier alpha value is -1.39. The highest BCUT2D eigenvalue weighted by atomic mass is 19.4. The molecule has 1 aromatic rings. The second kappa shape index (κ2) is 10.6. The number of rotatable bonds is 7. The number of aliphatic hydroxyl groups is 4. The van der Waals surface area contributed by atoms with Crippen LogP contribution in [0, 0.1) is 0 Å². The molecule has 1 saturated carbocycles. The van der Waals surface area contributed by atoms with Crippen LogP contribution in [-0.2, 0) is 26.8 Å². The zero-order valence-corrected chi connectivity index (χ0v) is 20.9. The maximum atomic E-state index is 12.8. The first-order valence-electron chi connectivity index (χ1n) is 12.4. The molecule has 0 amide bonds. The number of benzene rings is 1. The summed E-state index contributed by atoms with van der Waals surface area (Å²) in [6, 6.07) is 3.35. The van der Waals surface area contributed by atoms with Crippen molar-refractivity contribution in [3.63, 3.8) is 0 Å². The van der Waals surface area contributed by atoms with Crippen molar-refractivity contribution in [3.05, 3.63) is 35.4 Å². The number of ether oxygens (including phenoxy) is 3. The summed E-state index contributed by atoms with van der Waals surface area (Å²) in [5, 5.41) is 53.7. The third-order valence-electron chi connectivity index (χ3n) is 7.64. The van der Waals surface area contributed by atoms with Crippen LogP contribution in [0.3, 0.4) is 0 Å². The average Bonchev–Trinajstić information content (AvgIpc) is 2.82. The largest absolute Gasteiger partial charge is 0.416 e. The van der Waals surface area contributed by atoms with Gasteiger partial charge in [0.25, 0.3) is 0 Å². The van der Waals surface area contributed by atoms with Crippen molar-refractivity contribution in [3.8, 4) is 0 Å². The normalized spacial score (nSPS) is 42.2. The molecule has 4 rings (SSSR count). The van der Waals surface area contributed by atoms with Crippen molar-refractivity contribution in [2.45, 2.75) is 86.2 Å². The van der Waals surface area contributed by atoms with Gasteiger partial charge in [0.2, 0.25) is 12.1 Å². The molecule has 0 radical (unpaired) electrons. The Morgan fingerprint density at radius 1 is 0.973 bits per heavy atom. The number of hydrogen-bond acceptors (Lipinski definition) is 10. The fraction of sp³-hybridized carbons (Fsp3) is 0.750. The van der Waals surface area contributed by atoms with Crippen LogP contribution in [-0.4, -0.2) is 108 Å². The Kier molecular flexibility index (Phi) is 8.23. The molecule has 2 heterocycles. The highest BCUT2D eigenvalue weighted by Crippen LogP contribution is 2.46. The Balaban J connectivity index is 1.46. The third-order valence-corrected chi connectivity index (χ3v) is 7.64. The van der Waals surface area contributed by atoms with E-state index in [4.69, 9.17) is 14.2 Å². The van der Waals surface area contributed by atoms with E-state index in [0.717, 1.165) is 12.1 Å². The summed E-state index contributed by atoms with van der Waals surface area (Å²) in [5.74, 6) is -2.33. The standard InChI is InChI=1S/C24H36F3N3O7/c1-12-10-22(33,11-30-9-8-13-4-6-14(7-5-13)24(25,26)27)23(34)21(35-12)36-20-18(32)15(28-2)17(31)16(29-3)19(20)37-23/h4-7,12,15-21,28-34H,8-11H2,1-3H3/t12-,15-,16+,17+,18+,19-,20?,21+,22-,23-/m1/s1. The smallest absolute Gasteiger partial charge is 0.390 e. The van der Waals surface area contributed by atoms with E-state index in [-0.39, 0.29) is 13.0 Å². The summed E-state index contributed by atoms with van der Waals surface area (Å²) < 4.78 is 56.1. The second-order valence-corrected chi connectivity index (χ2v) is 10.1. The second-order valence-electron chi connectivity index (χ2n) is 10.1. The van der Waals surface area contributed by atoms with E-state index in [1.54, 1.807) is 21.0 Å². The van der Waals surface area contributed by atoms with Crippen LogP contribution in [0.4, 0.5) is 13.2 Å². The van der Waals surface area contributed by atoms with Gasteiger partial charge in [0, 0.05) is 13.0 Å². The summed E-state index contributed by atoms with van der Waals surface area (Å²) >= 11 is 0. The van der Waals surface area contributed by atoms with E-state index in [9.17, 15) is 33.6 Å². The lowest BCUT2D eigenvalue weighted by molar-refractivity contribution is -0.482. The number of halogens is 3. The van der Waals surface area contributed by atoms with Crippen LogP contribution in [0.15, 0.2) is 24.3 Å². The highest BCUT2D eigenvalue weighted by molar-refractivity contribution is 5.24. The summed E-state index contributed by atoms with van der Waals surface area (Å²) in [7, 11) is 3.20. The Morgan fingerprint density at radius 3 is 2.22 bits per heavy atom. The molecule has 13 heteroatoms. The van der Waals surface area contributed by atoms with Gasteiger partial charge < -0.3 is 50.6 Å². The number of hydrogen-bond donors (Lipinski definition) is 7. The molecule has 0 spiro atoms. The van der Waals surface area contributed by atoms with Crippen LogP contribution in [0.25, 0.3) is 0 Å². The van der Waals surface area contributed by atoms with E-state index >= 15 is 0 Å². The summed E-state index contributed by atoms with van der Waals surface area (Å²) in [6.45, 7) is 1.87. The monoisotopic (exact) mass is 535 g/mol. The molecule has 1 unspecified atom stereocenters. The van der Waals surface area contributed by atoms with Gasteiger partial charge in [-0.2, -0.15) is 13.2 Å². The molecule has 7 N–H and O–H groups in total. The van der Waals surface area contributed by atoms with Gasteiger partial charge in [0.05, 0.1) is 29.9 Å². The third kappa shape index (κ3) is 5.26. The molecular weight excluding hydrogens is 499 g/mol. The number of aliphatic hydroxyl groups excluding tert-OH is 2. The predicted molar refractivity (Wildman–Crippen MR) is 124 cm³/mol. The maximum Gasteiger partial charge on any atom is 0.416 e. The minimum absolute atomic E-state index is 0.0114. The number of alkyl halides is 3. The minimum Gasteiger partial charge on any atom is -0.390 e. The van der Waals surface area contributed by atoms with Crippen molar-refractivity contribution < 1.29 is 47.8 Å². The van der Waals surface area contributed by atoms with Gasteiger partial charge in [-0.1, -0.05) is 12.1 Å². The molecule has 37 heavy (non-hydrogen) atoms. The molecule has 10 atom stereocenters. The van der Waals surface area contributed by atoms with Crippen LogP contribution >= 0.6 is 0 Å². The van der Waals surface area contributed by atoms with Crippen LogP contribution in [0.2, 0.25) is 0 Å². The molecule has 2 saturated heterocycles. The number of likely N-dealkylation sites (N-methyl/N-ethyl adjacent to an activating group) is 2. The predicted octanol–water partition coefficient (Wildman–Crippen LogP) is -0.912. The van der Waals surface area contributed by atoms with Gasteiger partial charge in [0.15, 0.2) is 0 Å². The SMILES string of the molecule is CN[C@@H]1[C@H](O)[C@H](NC)[C@H]2O[C@]3(O)[C@H](OC2[C@H]1O)O[C@H](C)C[C@@]3(O)CNCCc1ccc(C(F)(F)F)cc1. The van der Waals surface area contributed by atoms with Crippen molar-refractivity contribution in [2.24, 2.45) is 0 Å². The van der Waals surface area contributed by atoms with Crippen molar-refractivity contribution in [2.75, 3.05) is 27.2 Å². The lowest BCUT2D eigenvalue weighted by Crippen LogP contribution is -2.81. The van der Waals surface area contributed by atoms with Gasteiger partial charge in [0.1, 0.15) is 23.9 Å². The molecule has 0 aromatic heterocycles. The molecular formula is C24H36F3N3O7. The van der Waals surface area contributed by atoms with E-state index in [1.165, 1.54) is 12.1 Å². The Bertz CT molecular complexity index is 926. The number of nitrogens with one attached hydrogen (secondary N) is 3. The molecule has 3 fully saturated rings. The zero-order valence-electron chi connectivity index (χ0n) is 20.9. The Labute approximate surface area is 213 Å².